The Labute approximate surface area is 183 Å². The van der Waals surface area contributed by atoms with E-state index >= 15 is 0 Å². The standard InChI is InChI=1S/C24H22F2N2O4/c25-15-6-7-19-17(14-15)22(29)20-21(16-4-1-2-5-18(16)26)28(24(30)23(20)32-19)9-3-8-27-10-12-31-13-11-27/h1-2,4-7,14,21H,3,8-13H2/t21-/m1/s1. The van der Waals surface area contributed by atoms with Crippen molar-refractivity contribution in [1.29, 1.82) is 0 Å². The third-order valence-electron chi connectivity index (χ3n) is 6.10. The van der Waals surface area contributed by atoms with Crippen LogP contribution in [0.25, 0.3) is 11.0 Å². The monoisotopic (exact) mass is 440 g/mol. The van der Waals surface area contributed by atoms with Crippen LogP contribution in [0.5, 0.6) is 0 Å². The molecule has 6 nitrogen and oxygen atoms in total. The van der Waals surface area contributed by atoms with Crippen LogP contribution in [-0.2, 0) is 4.74 Å². The van der Waals surface area contributed by atoms with E-state index in [1.165, 1.54) is 23.1 Å². The van der Waals surface area contributed by atoms with Crippen molar-refractivity contribution in [1.82, 2.24) is 9.80 Å². The molecule has 1 atom stereocenters. The number of amides is 1. The van der Waals surface area contributed by atoms with Gasteiger partial charge in [-0.05, 0) is 30.7 Å². The largest absolute Gasteiger partial charge is 0.450 e. The molecule has 0 bridgehead atoms. The molecule has 0 aliphatic carbocycles. The molecule has 1 fully saturated rings. The van der Waals surface area contributed by atoms with Crippen molar-refractivity contribution in [2.45, 2.75) is 12.5 Å². The fraction of sp³-hybridized carbons (Fsp3) is 0.333. The molecular weight excluding hydrogens is 418 g/mol. The Bertz CT molecular complexity index is 1240. The number of ether oxygens (including phenoxy) is 1. The van der Waals surface area contributed by atoms with E-state index in [0.717, 1.165) is 25.7 Å². The second-order valence-corrected chi connectivity index (χ2v) is 8.04. The lowest BCUT2D eigenvalue weighted by molar-refractivity contribution is 0.0353. The van der Waals surface area contributed by atoms with Gasteiger partial charge in [0.05, 0.1) is 30.2 Å². The summed E-state index contributed by atoms with van der Waals surface area (Å²) in [4.78, 5) is 30.4. The van der Waals surface area contributed by atoms with Gasteiger partial charge in [-0.15, -0.1) is 0 Å². The summed E-state index contributed by atoms with van der Waals surface area (Å²) >= 11 is 0. The van der Waals surface area contributed by atoms with Crippen LogP contribution >= 0.6 is 0 Å². The average Bonchev–Trinajstić information content (AvgIpc) is 3.07. The van der Waals surface area contributed by atoms with E-state index < -0.39 is 29.0 Å². The summed E-state index contributed by atoms with van der Waals surface area (Å²) in [6.45, 7) is 4.07. The lowest BCUT2D eigenvalue weighted by Gasteiger charge is -2.29. The van der Waals surface area contributed by atoms with Crippen molar-refractivity contribution in [2.24, 2.45) is 0 Å². The Kier molecular flexibility index (Phi) is 5.48. The molecule has 166 valence electrons. The van der Waals surface area contributed by atoms with Gasteiger partial charge >= 0.3 is 0 Å². The van der Waals surface area contributed by atoms with Gasteiger partial charge < -0.3 is 14.1 Å². The molecule has 1 aromatic heterocycles. The third-order valence-corrected chi connectivity index (χ3v) is 6.10. The molecule has 2 aromatic carbocycles. The van der Waals surface area contributed by atoms with Gasteiger partial charge in [0.1, 0.15) is 17.2 Å². The zero-order valence-corrected chi connectivity index (χ0v) is 17.4. The van der Waals surface area contributed by atoms with Crippen LogP contribution in [-0.4, -0.2) is 55.1 Å². The number of fused-ring (bicyclic) bond motifs is 2. The number of hydrogen-bond donors (Lipinski definition) is 0. The van der Waals surface area contributed by atoms with Crippen molar-refractivity contribution in [3.8, 4) is 0 Å². The first kappa shape index (κ1) is 20.8. The number of morpholine rings is 1. The van der Waals surface area contributed by atoms with Crippen LogP contribution in [0.1, 0.15) is 34.1 Å². The van der Waals surface area contributed by atoms with Crippen LogP contribution in [0.15, 0.2) is 51.7 Å². The first-order chi connectivity index (χ1) is 15.5. The quantitative estimate of drug-likeness (QED) is 0.609. The van der Waals surface area contributed by atoms with Gasteiger partial charge in [0, 0.05) is 31.7 Å². The molecule has 32 heavy (non-hydrogen) atoms. The van der Waals surface area contributed by atoms with Crippen LogP contribution in [0.3, 0.4) is 0 Å². The van der Waals surface area contributed by atoms with E-state index in [9.17, 15) is 18.4 Å². The molecule has 2 aliphatic heterocycles. The van der Waals surface area contributed by atoms with Crippen LogP contribution in [0, 0.1) is 11.6 Å². The summed E-state index contributed by atoms with van der Waals surface area (Å²) in [5, 5.41) is 0.0352. The van der Waals surface area contributed by atoms with Crippen molar-refractivity contribution in [2.75, 3.05) is 39.4 Å². The number of hydrogen-bond acceptors (Lipinski definition) is 5. The normalized spacial score (nSPS) is 19.0. The third kappa shape index (κ3) is 3.59. The molecule has 2 aliphatic rings. The predicted octanol–water partition coefficient (Wildman–Crippen LogP) is 3.34. The number of nitrogens with zero attached hydrogens (tertiary/aromatic N) is 2. The molecule has 1 amide bonds. The molecule has 0 radical (unpaired) electrons. The SMILES string of the molecule is O=C1c2oc3ccc(F)cc3c(=O)c2[C@@H](c2ccccc2F)N1CCCN1CCOCC1. The summed E-state index contributed by atoms with van der Waals surface area (Å²) in [7, 11) is 0. The van der Waals surface area contributed by atoms with E-state index in [1.807, 2.05) is 0 Å². The molecule has 0 saturated carbocycles. The van der Waals surface area contributed by atoms with Crippen LogP contribution in [0.2, 0.25) is 0 Å². The lowest BCUT2D eigenvalue weighted by atomic mass is 9.98. The van der Waals surface area contributed by atoms with Gasteiger partial charge in [0.25, 0.3) is 5.91 Å². The maximum absolute atomic E-state index is 14.8. The fourth-order valence-electron chi connectivity index (χ4n) is 4.53. The number of halogens is 2. The smallest absolute Gasteiger partial charge is 0.290 e. The zero-order chi connectivity index (χ0) is 22.2. The Balaban J connectivity index is 1.55. The Morgan fingerprint density at radius 3 is 2.56 bits per heavy atom. The topological polar surface area (TPSA) is 63.0 Å². The minimum atomic E-state index is -0.924. The van der Waals surface area contributed by atoms with E-state index in [0.29, 0.717) is 26.2 Å². The van der Waals surface area contributed by atoms with Crippen molar-refractivity contribution < 1.29 is 22.7 Å². The summed E-state index contributed by atoms with van der Waals surface area (Å²) in [5.74, 6) is -1.67. The van der Waals surface area contributed by atoms with Gasteiger partial charge in [-0.2, -0.15) is 0 Å². The number of benzene rings is 2. The molecule has 8 heteroatoms. The first-order valence-electron chi connectivity index (χ1n) is 10.7. The summed E-state index contributed by atoms with van der Waals surface area (Å²) < 4.78 is 39.8. The highest BCUT2D eigenvalue weighted by Crippen LogP contribution is 2.39. The van der Waals surface area contributed by atoms with E-state index in [2.05, 4.69) is 4.90 Å². The number of carbonyl (C=O) groups is 1. The molecule has 3 aromatic rings. The van der Waals surface area contributed by atoms with Crippen LogP contribution in [0.4, 0.5) is 8.78 Å². The highest BCUT2D eigenvalue weighted by atomic mass is 19.1. The summed E-state index contributed by atoms with van der Waals surface area (Å²) in [6, 6.07) is 8.74. The molecule has 0 spiro atoms. The Morgan fingerprint density at radius 2 is 1.78 bits per heavy atom. The fourth-order valence-corrected chi connectivity index (χ4v) is 4.53. The average molecular weight is 440 g/mol. The minimum Gasteiger partial charge on any atom is -0.450 e. The second kappa shape index (κ2) is 8.44. The maximum Gasteiger partial charge on any atom is 0.290 e. The zero-order valence-electron chi connectivity index (χ0n) is 17.4. The molecule has 1 saturated heterocycles. The van der Waals surface area contributed by atoms with Crippen molar-refractivity contribution in [3.05, 3.63) is 81.2 Å². The highest BCUT2D eigenvalue weighted by molar-refractivity contribution is 5.99. The van der Waals surface area contributed by atoms with E-state index in [1.54, 1.807) is 18.2 Å². The van der Waals surface area contributed by atoms with E-state index in [4.69, 9.17) is 9.15 Å². The number of rotatable bonds is 5. The van der Waals surface area contributed by atoms with E-state index in [-0.39, 0.29) is 27.9 Å². The summed E-state index contributed by atoms with van der Waals surface area (Å²) in [5.41, 5.74) is -0.109. The molecule has 3 heterocycles. The number of carbonyl (C=O) groups excluding carboxylic acids is 1. The lowest BCUT2D eigenvalue weighted by Crippen LogP contribution is -2.39. The highest BCUT2D eigenvalue weighted by Gasteiger charge is 2.43. The minimum absolute atomic E-state index is 0.0352. The second-order valence-electron chi connectivity index (χ2n) is 8.04. The maximum atomic E-state index is 14.8. The van der Waals surface area contributed by atoms with Gasteiger partial charge in [0.15, 0.2) is 5.43 Å². The van der Waals surface area contributed by atoms with Crippen molar-refractivity contribution >= 4 is 16.9 Å². The van der Waals surface area contributed by atoms with Gasteiger partial charge in [-0.3, -0.25) is 14.5 Å². The van der Waals surface area contributed by atoms with Gasteiger partial charge in [0.2, 0.25) is 5.76 Å². The molecular formula is C24H22F2N2O4. The molecule has 0 unspecified atom stereocenters. The first-order valence-corrected chi connectivity index (χ1v) is 10.7. The van der Waals surface area contributed by atoms with Gasteiger partial charge in [-0.25, -0.2) is 8.78 Å². The Hall–Kier alpha value is -3.10. The Morgan fingerprint density at radius 1 is 1.00 bits per heavy atom. The molecule has 0 N–H and O–H groups in total. The van der Waals surface area contributed by atoms with Gasteiger partial charge in [-0.1, -0.05) is 18.2 Å². The van der Waals surface area contributed by atoms with Crippen molar-refractivity contribution in [3.63, 3.8) is 0 Å². The molecule has 5 rings (SSSR count). The van der Waals surface area contributed by atoms with Crippen LogP contribution < -0.4 is 5.43 Å². The summed E-state index contributed by atoms with van der Waals surface area (Å²) in [6.07, 6.45) is 0.646. The predicted molar refractivity (Wildman–Crippen MR) is 114 cm³/mol.